The van der Waals surface area contributed by atoms with Gasteiger partial charge in [0.2, 0.25) is 5.91 Å². The average molecular weight is 613 g/mol. The quantitative estimate of drug-likeness (QED) is 0.156. The van der Waals surface area contributed by atoms with Crippen molar-refractivity contribution in [3.63, 3.8) is 0 Å². The van der Waals surface area contributed by atoms with E-state index in [1.807, 2.05) is 30.3 Å². The zero-order valence-electron chi connectivity index (χ0n) is 21.5. The van der Waals surface area contributed by atoms with Crippen LogP contribution in [0, 0.1) is 0 Å². The van der Waals surface area contributed by atoms with E-state index in [1.165, 1.54) is 34.0 Å². The van der Waals surface area contributed by atoms with Crippen LogP contribution in [-0.2, 0) is 30.2 Å². The van der Waals surface area contributed by atoms with Gasteiger partial charge in [-0.2, -0.15) is 13.2 Å². The summed E-state index contributed by atoms with van der Waals surface area (Å²) in [5, 5.41) is 4.23. The maximum Gasteiger partial charge on any atom is 0.416 e. The highest BCUT2D eigenvalue weighted by atomic mass is 32.2. The van der Waals surface area contributed by atoms with E-state index in [4.69, 9.17) is 4.98 Å². The lowest BCUT2D eigenvalue weighted by atomic mass is 9.97. The van der Waals surface area contributed by atoms with Crippen LogP contribution in [0.25, 0.3) is 15.9 Å². The Morgan fingerprint density at radius 2 is 1.85 bits per heavy atom. The van der Waals surface area contributed by atoms with Crippen molar-refractivity contribution >= 4 is 55.7 Å². The van der Waals surface area contributed by atoms with Crippen molar-refractivity contribution in [1.82, 2.24) is 14.5 Å². The van der Waals surface area contributed by atoms with Gasteiger partial charge in [-0.05, 0) is 55.0 Å². The minimum Gasteiger partial charge on any atom is -0.301 e. The number of rotatable bonds is 7. The number of thioether (sulfide) groups is 1. The van der Waals surface area contributed by atoms with E-state index >= 15 is 0 Å². The number of anilines is 1. The number of aromatic nitrogens is 3. The monoisotopic (exact) mass is 612 g/mol. The molecule has 0 radical (unpaired) electrons. The second-order valence-electron chi connectivity index (χ2n) is 9.61. The lowest BCUT2D eigenvalue weighted by Crippen LogP contribution is -2.23. The number of fused-ring (bicyclic) bond motifs is 3. The highest BCUT2D eigenvalue weighted by Crippen LogP contribution is 2.35. The molecule has 6 rings (SSSR count). The Balaban J connectivity index is 1.19. The number of amides is 1. The molecule has 2 aromatic carbocycles. The van der Waals surface area contributed by atoms with Crippen LogP contribution < -0.4 is 10.9 Å². The Kier molecular flexibility index (Phi) is 7.71. The summed E-state index contributed by atoms with van der Waals surface area (Å²) in [6.07, 6.45) is 1.40. The van der Waals surface area contributed by atoms with Crippen LogP contribution in [0.3, 0.4) is 0 Å². The molecule has 12 heteroatoms. The molecule has 5 aromatic rings. The van der Waals surface area contributed by atoms with Gasteiger partial charge in [0.05, 0.1) is 22.4 Å². The summed E-state index contributed by atoms with van der Waals surface area (Å²) < 4.78 is 40.7. The van der Waals surface area contributed by atoms with E-state index in [1.54, 1.807) is 28.2 Å². The summed E-state index contributed by atoms with van der Waals surface area (Å²) in [4.78, 5) is 38.4. The Labute approximate surface area is 245 Å². The van der Waals surface area contributed by atoms with E-state index in [0.29, 0.717) is 31.8 Å². The van der Waals surface area contributed by atoms with Crippen molar-refractivity contribution in [3.8, 4) is 5.69 Å². The van der Waals surface area contributed by atoms with Crippen molar-refractivity contribution in [2.24, 2.45) is 0 Å². The van der Waals surface area contributed by atoms with E-state index in [0.717, 1.165) is 48.3 Å². The van der Waals surface area contributed by atoms with Gasteiger partial charge >= 0.3 is 6.18 Å². The third kappa shape index (κ3) is 5.95. The highest BCUT2D eigenvalue weighted by Gasteiger charge is 2.30. The Hall–Kier alpha value is -3.48. The first kappa shape index (κ1) is 27.7. The van der Waals surface area contributed by atoms with Crippen LogP contribution >= 0.6 is 34.4 Å². The Morgan fingerprint density at radius 1 is 1.05 bits per heavy atom. The van der Waals surface area contributed by atoms with Gasteiger partial charge in [0.15, 0.2) is 10.3 Å². The number of aryl methyl sites for hydroxylation is 2. The number of thiophene rings is 1. The van der Waals surface area contributed by atoms with Crippen LogP contribution in [0.1, 0.15) is 39.3 Å². The van der Waals surface area contributed by atoms with E-state index < -0.39 is 11.7 Å². The van der Waals surface area contributed by atoms with Crippen LogP contribution in [-0.4, -0.2) is 26.2 Å². The molecule has 3 heterocycles. The number of alkyl halides is 3. The average Bonchev–Trinajstić information content (AvgIpc) is 3.55. The summed E-state index contributed by atoms with van der Waals surface area (Å²) in [6, 6.07) is 14.5. The van der Waals surface area contributed by atoms with Crippen molar-refractivity contribution in [1.29, 1.82) is 0 Å². The second-order valence-corrected chi connectivity index (χ2v) is 12.7. The summed E-state index contributed by atoms with van der Waals surface area (Å²) in [5.41, 5.74) is 1.48. The zero-order valence-corrected chi connectivity index (χ0v) is 24.0. The third-order valence-electron chi connectivity index (χ3n) is 6.74. The molecule has 1 amide bonds. The van der Waals surface area contributed by atoms with Gasteiger partial charge in [-0.15, -0.1) is 22.7 Å². The fraction of sp³-hybridized carbons (Fsp3) is 0.241. The molecular weight excluding hydrogens is 590 g/mol. The molecule has 41 heavy (non-hydrogen) atoms. The number of benzene rings is 2. The van der Waals surface area contributed by atoms with Gasteiger partial charge in [-0.1, -0.05) is 48.2 Å². The first-order chi connectivity index (χ1) is 19.8. The molecule has 0 saturated carbocycles. The molecule has 1 aliphatic rings. The number of nitrogens with one attached hydrogen (secondary N) is 1. The molecule has 0 atom stereocenters. The fourth-order valence-electron chi connectivity index (χ4n) is 4.88. The number of hydrogen-bond donors (Lipinski definition) is 1. The smallest absolute Gasteiger partial charge is 0.301 e. The standard InChI is InChI=1S/C29H23F3N4O2S3/c30-29(31,32)18-8-6-7-17(13-18)14-20-15-33-27(40-20)34-23(37)16-39-28-35-25-24(21-11-4-5-12-22(21)41-25)26(38)36(28)19-9-2-1-3-10-19/h1-3,6-10,13,15H,4-5,11-12,14,16H2,(H,33,34,37). The summed E-state index contributed by atoms with van der Waals surface area (Å²) in [7, 11) is 0. The van der Waals surface area contributed by atoms with Crippen LogP contribution in [0.2, 0.25) is 0 Å². The van der Waals surface area contributed by atoms with E-state index in [2.05, 4.69) is 10.3 Å². The molecule has 1 aliphatic carbocycles. The highest BCUT2D eigenvalue weighted by molar-refractivity contribution is 7.99. The number of para-hydroxylation sites is 1. The molecule has 1 N–H and O–H groups in total. The van der Waals surface area contributed by atoms with Gasteiger partial charge in [0, 0.05) is 22.4 Å². The van der Waals surface area contributed by atoms with E-state index in [9.17, 15) is 22.8 Å². The zero-order chi connectivity index (χ0) is 28.6. The lowest BCUT2D eigenvalue weighted by Gasteiger charge is -2.13. The molecule has 6 nitrogen and oxygen atoms in total. The minimum absolute atomic E-state index is 0.00158. The summed E-state index contributed by atoms with van der Waals surface area (Å²) in [6.45, 7) is 0. The number of hydrogen-bond acceptors (Lipinski definition) is 7. The third-order valence-corrected chi connectivity index (χ3v) is 9.77. The topological polar surface area (TPSA) is 76.9 Å². The fourth-order valence-corrected chi connectivity index (χ4v) is 7.86. The van der Waals surface area contributed by atoms with Crippen molar-refractivity contribution < 1.29 is 18.0 Å². The molecule has 0 saturated heterocycles. The molecule has 0 spiro atoms. The van der Waals surface area contributed by atoms with Gasteiger partial charge in [-0.25, -0.2) is 9.97 Å². The number of thiazole rings is 1. The number of carbonyl (C=O) groups is 1. The maximum absolute atomic E-state index is 13.8. The summed E-state index contributed by atoms with van der Waals surface area (Å²) in [5.74, 6) is -0.326. The maximum atomic E-state index is 13.8. The van der Waals surface area contributed by atoms with E-state index in [-0.39, 0.29) is 23.6 Å². The van der Waals surface area contributed by atoms with Crippen molar-refractivity contribution in [2.45, 2.75) is 43.4 Å². The molecule has 210 valence electrons. The predicted molar refractivity (Wildman–Crippen MR) is 158 cm³/mol. The molecule has 0 unspecified atom stereocenters. The van der Waals surface area contributed by atoms with Gasteiger partial charge < -0.3 is 5.32 Å². The lowest BCUT2D eigenvalue weighted by molar-refractivity contribution is -0.137. The van der Waals surface area contributed by atoms with Gasteiger partial charge in [0.1, 0.15) is 4.83 Å². The van der Waals surface area contributed by atoms with Crippen molar-refractivity contribution in [3.05, 3.63) is 97.6 Å². The molecule has 0 fully saturated rings. The van der Waals surface area contributed by atoms with Crippen LogP contribution in [0.4, 0.5) is 18.3 Å². The minimum atomic E-state index is -4.41. The first-order valence-corrected chi connectivity index (χ1v) is 15.5. The van der Waals surface area contributed by atoms with Crippen molar-refractivity contribution in [2.75, 3.05) is 11.1 Å². The Bertz CT molecular complexity index is 1790. The Morgan fingerprint density at radius 3 is 2.66 bits per heavy atom. The first-order valence-electron chi connectivity index (χ1n) is 12.9. The molecule has 3 aromatic heterocycles. The molecule has 0 bridgehead atoms. The number of halogens is 3. The predicted octanol–water partition coefficient (Wildman–Crippen LogP) is 7.12. The molecular formula is C29H23F3N4O2S3. The normalized spacial score (nSPS) is 13.3. The van der Waals surface area contributed by atoms with Crippen LogP contribution in [0.5, 0.6) is 0 Å². The van der Waals surface area contributed by atoms with Gasteiger partial charge in [0.25, 0.3) is 5.56 Å². The SMILES string of the molecule is O=C(CSc1nc2sc3c(c2c(=O)n1-c1ccccc1)CCCC3)Nc1ncc(Cc2cccc(C(F)(F)F)c2)s1. The van der Waals surface area contributed by atoms with Gasteiger partial charge in [-0.3, -0.25) is 14.2 Å². The largest absolute Gasteiger partial charge is 0.416 e. The summed E-state index contributed by atoms with van der Waals surface area (Å²) >= 11 is 3.95. The number of nitrogens with zero attached hydrogens (tertiary/aromatic N) is 3. The van der Waals surface area contributed by atoms with Crippen LogP contribution in [0.15, 0.2) is 70.7 Å². The molecule has 0 aliphatic heterocycles. The second kappa shape index (κ2) is 11.4. The number of carbonyl (C=O) groups excluding carboxylic acids is 1.